The van der Waals surface area contributed by atoms with Gasteiger partial charge in [-0.3, -0.25) is 14.4 Å². The molecule has 0 saturated carbocycles. The lowest BCUT2D eigenvalue weighted by molar-refractivity contribution is -0.161. The third-order valence-electron chi connectivity index (χ3n) is 8.52. The summed E-state index contributed by atoms with van der Waals surface area (Å²) >= 11 is 6.10. The average Bonchev–Trinajstić information content (AvgIpc) is 3.27. The van der Waals surface area contributed by atoms with Gasteiger partial charge >= 0.3 is 5.97 Å². The van der Waals surface area contributed by atoms with Crippen LogP contribution in [0.25, 0.3) is 0 Å². The van der Waals surface area contributed by atoms with E-state index in [1.54, 1.807) is 35.2 Å². The van der Waals surface area contributed by atoms with Crippen molar-refractivity contribution < 1.29 is 29.0 Å². The van der Waals surface area contributed by atoms with Crippen molar-refractivity contribution in [2.45, 2.75) is 63.3 Å². The van der Waals surface area contributed by atoms with Gasteiger partial charge in [-0.25, -0.2) is 0 Å². The minimum atomic E-state index is -1.40. The van der Waals surface area contributed by atoms with E-state index >= 15 is 0 Å². The molecule has 5 rings (SSSR count). The maximum atomic E-state index is 14.5. The number of aliphatic hydroxyl groups excluding tert-OH is 1. The number of amides is 2. The molecular formula is C29H35ClN2O6. The number of anilines is 1. The molecule has 9 heteroatoms. The summed E-state index contributed by atoms with van der Waals surface area (Å²) in [7, 11) is 0. The van der Waals surface area contributed by atoms with E-state index in [0.717, 1.165) is 0 Å². The van der Waals surface area contributed by atoms with Gasteiger partial charge in [0.25, 0.3) is 5.91 Å². The first kappa shape index (κ1) is 26.9. The molecule has 0 aromatic heterocycles. The lowest BCUT2D eigenvalue weighted by Crippen LogP contribution is -2.60. The van der Waals surface area contributed by atoms with Crippen LogP contribution in [0, 0.1) is 17.8 Å². The van der Waals surface area contributed by atoms with Crippen LogP contribution in [-0.2, 0) is 23.9 Å². The topological polar surface area (TPSA) is 96.4 Å². The van der Waals surface area contributed by atoms with Crippen molar-refractivity contribution in [3.05, 3.63) is 53.6 Å². The fourth-order valence-corrected chi connectivity index (χ4v) is 6.77. The van der Waals surface area contributed by atoms with Crippen molar-refractivity contribution in [1.82, 2.24) is 4.90 Å². The Labute approximate surface area is 228 Å². The Bertz CT molecular complexity index is 1170. The zero-order chi connectivity index (χ0) is 27.2. The predicted molar refractivity (Wildman–Crippen MR) is 142 cm³/mol. The summed E-state index contributed by atoms with van der Waals surface area (Å²) < 4.78 is 12.6. The highest BCUT2D eigenvalue weighted by atomic mass is 35.5. The quantitative estimate of drug-likeness (QED) is 0.452. The molecule has 38 heavy (non-hydrogen) atoms. The van der Waals surface area contributed by atoms with Crippen molar-refractivity contribution in [3.63, 3.8) is 0 Å². The number of hydrogen-bond acceptors (Lipinski definition) is 6. The number of carbonyl (C=O) groups is 3. The highest BCUT2D eigenvalue weighted by Crippen LogP contribution is 2.58. The van der Waals surface area contributed by atoms with E-state index in [1.165, 1.54) is 4.90 Å². The number of allylic oxidation sites excluding steroid dienone is 1. The number of likely N-dealkylation sites (tertiary alicyclic amines) is 1. The smallest absolute Gasteiger partial charge is 0.313 e. The number of halogens is 1. The molecule has 0 bridgehead atoms. The number of esters is 1. The van der Waals surface area contributed by atoms with E-state index in [2.05, 4.69) is 0 Å². The van der Waals surface area contributed by atoms with Crippen molar-refractivity contribution in [2.75, 3.05) is 24.7 Å². The highest BCUT2D eigenvalue weighted by molar-refractivity contribution is 6.30. The van der Waals surface area contributed by atoms with E-state index in [0.29, 0.717) is 30.0 Å². The third kappa shape index (κ3) is 4.00. The molecular weight excluding hydrogens is 508 g/mol. The normalized spacial score (nSPS) is 34.6. The fourth-order valence-electron chi connectivity index (χ4n) is 6.64. The molecule has 1 spiro atoms. The second kappa shape index (κ2) is 10.1. The average molecular weight is 543 g/mol. The van der Waals surface area contributed by atoms with Gasteiger partial charge in [0.2, 0.25) is 5.91 Å². The van der Waals surface area contributed by atoms with Gasteiger partial charge in [0, 0.05) is 17.3 Å². The van der Waals surface area contributed by atoms with Crippen LogP contribution in [0.5, 0.6) is 0 Å². The lowest BCUT2D eigenvalue weighted by Gasteiger charge is -2.41. The zero-order valence-corrected chi connectivity index (χ0v) is 22.8. The fraction of sp³-hybridized carbons (Fsp3) is 0.552. The summed E-state index contributed by atoms with van der Waals surface area (Å²) in [5.74, 6) is -3.23. The van der Waals surface area contributed by atoms with Crippen LogP contribution in [-0.4, -0.2) is 70.8 Å². The summed E-state index contributed by atoms with van der Waals surface area (Å²) in [4.78, 5) is 45.6. The van der Waals surface area contributed by atoms with Gasteiger partial charge in [0.05, 0.1) is 25.2 Å². The summed E-state index contributed by atoms with van der Waals surface area (Å²) in [5.41, 5.74) is -1.87. The molecule has 1 aromatic carbocycles. The van der Waals surface area contributed by atoms with Gasteiger partial charge in [0.1, 0.15) is 23.2 Å². The Morgan fingerprint density at radius 2 is 1.82 bits per heavy atom. The van der Waals surface area contributed by atoms with E-state index < -0.39 is 41.1 Å². The van der Waals surface area contributed by atoms with Crippen molar-refractivity contribution in [3.8, 4) is 0 Å². The number of cyclic esters (lactones) is 1. The van der Waals surface area contributed by atoms with E-state index in [1.807, 2.05) is 39.0 Å². The van der Waals surface area contributed by atoms with Gasteiger partial charge in [-0.1, -0.05) is 56.7 Å². The summed E-state index contributed by atoms with van der Waals surface area (Å²) in [5, 5.41) is 10.9. The number of fused-ring (bicyclic) bond motifs is 2. The van der Waals surface area contributed by atoms with Gasteiger partial charge in [-0.2, -0.15) is 0 Å². The molecule has 2 amide bonds. The molecule has 2 saturated heterocycles. The van der Waals surface area contributed by atoms with Crippen LogP contribution < -0.4 is 4.90 Å². The maximum Gasteiger partial charge on any atom is 0.313 e. The van der Waals surface area contributed by atoms with Gasteiger partial charge in [-0.05, 0) is 49.4 Å². The van der Waals surface area contributed by atoms with Crippen molar-refractivity contribution in [1.29, 1.82) is 0 Å². The number of nitrogens with zero attached hydrogens (tertiary/aromatic N) is 2. The van der Waals surface area contributed by atoms with Crippen LogP contribution in [0.1, 0.15) is 40.0 Å². The first-order valence-electron chi connectivity index (χ1n) is 13.4. The minimum absolute atomic E-state index is 0.146. The van der Waals surface area contributed by atoms with Crippen LogP contribution in [0.4, 0.5) is 5.69 Å². The Balaban J connectivity index is 1.70. The number of carbonyl (C=O) groups excluding carboxylic acids is 3. The molecule has 4 aliphatic heterocycles. The Hall–Kier alpha value is -2.68. The number of rotatable bonds is 5. The monoisotopic (exact) mass is 542 g/mol. The summed E-state index contributed by atoms with van der Waals surface area (Å²) in [6, 6.07) is 5.23. The molecule has 4 heterocycles. The standard InChI is InChI=1S/C29H35ClN2O6/c1-4-28-13-6-5-7-16-37-27(36)23(28)22-25(34)32(21(17-33)18(2)3)24-26(35)31(15-8-14-29(22,24)38-28)20-11-9-19(30)10-12-20/h6,8-14,18,21-24,33H,4-5,7,15-17H2,1-3H3/b13-6-/t21-,22-,23-,24?,28+,29-/m0/s1. The summed E-state index contributed by atoms with van der Waals surface area (Å²) in [6.07, 6.45) is 9.35. The molecule has 0 aliphatic carbocycles. The second-order valence-corrected chi connectivity index (χ2v) is 11.3. The lowest BCUT2D eigenvalue weighted by atomic mass is 9.73. The Kier molecular flexibility index (Phi) is 7.18. The van der Waals surface area contributed by atoms with E-state index in [-0.39, 0.29) is 37.5 Å². The third-order valence-corrected chi connectivity index (χ3v) is 8.78. The second-order valence-electron chi connectivity index (χ2n) is 10.9. The molecule has 6 atom stereocenters. The van der Waals surface area contributed by atoms with Crippen LogP contribution in [0.2, 0.25) is 5.02 Å². The Morgan fingerprint density at radius 1 is 1.08 bits per heavy atom. The van der Waals surface area contributed by atoms with Crippen LogP contribution in [0.15, 0.2) is 48.6 Å². The van der Waals surface area contributed by atoms with Gasteiger partial charge in [0.15, 0.2) is 0 Å². The molecule has 0 radical (unpaired) electrons. The van der Waals surface area contributed by atoms with Crippen LogP contribution in [0.3, 0.4) is 0 Å². The van der Waals surface area contributed by atoms with E-state index in [9.17, 15) is 19.5 Å². The molecule has 1 unspecified atom stereocenters. The molecule has 204 valence electrons. The molecule has 4 aliphatic rings. The molecule has 2 fully saturated rings. The van der Waals surface area contributed by atoms with Crippen LogP contribution >= 0.6 is 11.6 Å². The molecule has 8 nitrogen and oxygen atoms in total. The van der Waals surface area contributed by atoms with Gasteiger partial charge < -0.3 is 24.4 Å². The SMILES string of the molecule is CC[C@@]12/C=C\CCCOC(=O)[C@@H]1[C@H]1C(=O)N([C@@H](CO)C(C)C)C3C(=O)N(c4ccc(Cl)cc4)CC=C[C@@]31O2. The number of benzene rings is 1. The zero-order valence-electron chi connectivity index (χ0n) is 22.0. The predicted octanol–water partition coefficient (Wildman–Crippen LogP) is 3.51. The first-order valence-corrected chi connectivity index (χ1v) is 13.8. The largest absolute Gasteiger partial charge is 0.465 e. The molecule has 1 aromatic rings. The molecule has 1 N–H and O–H groups in total. The number of aliphatic hydroxyl groups is 1. The highest BCUT2D eigenvalue weighted by Gasteiger charge is 2.76. The Morgan fingerprint density at radius 3 is 2.47 bits per heavy atom. The number of ether oxygens (including phenoxy) is 2. The maximum absolute atomic E-state index is 14.5. The van der Waals surface area contributed by atoms with Gasteiger partial charge in [-0.15, -0.1) is 0 Å². The summed E-state index contributed by atoms with van der Waals surface area (Å²) in [6.45, 7) is 5.91. The van der Waals surface area contributed by atoms with E-state index in [4.69, 9.17) is 21.1 Å². The first-order chi connectivity index (χ1) is 18.2. The van der Waals surface area contributed by atoms with Crippen molar-refractivity contribution in [2.24, 2.45) is 17.8 Å². The number of hydrogen-bond donors (Lipinski definition) is 1. The minimum Gasteiger partial charge on any atom is -0.465 e. The van der Waals surface area contributed by atoms with Crippen molar-refractivity contribution >= 4 is 35.1 Å².